The summed E-state index contributed by atoms with van der Waals surface area (Å²) in [6.07, 6.45) is 6.00. The van der Waals surface area contributed by atoms with E-state index in [1.165, 1.54) is 12.1 Å². The second kappa shape index (κ2) is 8.47. The highest BCUT2D eigenvalue weighted by Gasteiger charge is 2.42. The number of nitrogens with one attached hydrogen (secondary N) is 2. The number of hydrogen-bond acceptors (Lipinski definition) is 6. The van der Waals surface area contributed by atoms with Crippen molar-refractivity contribution in [1.29, 1.82) is 5.26 Å². The normalized spacial score (nSPS) is 24.2. The Kier molecular flexibility index (Phi) is 5.33. The number of amides is 2. The molecule has 6 rings (SSSR count). The van der Waals surface area contributed by atoms with Gasteiger partial charge in [-0.05, 0) is 48.6 Å². The Morgan fingerprint density at radius 2 is 2.16 bits per heavy atom. The number of aromatic hydroxyl groups is 1. The number of phenols is 1. The monoisotopic (exact) mass is 501 g/mol. The molecule has 2 aromatic rings. The lowest BCUT2D eigenvalue weighted by molar-refractivity contribution is 0.161. The number of imidazole rings is 1. The fraction of sp³-hybridized carbons (Fsp3) is 0.407. The lowest BCUT2D eigenvalue weighted by Crippen LogP contribution is -2.39. The number of rotatable bonds is 3. The van der Waals surface area contributed by atoms with Crippen molar-refractivity contribution in [3.8, 4) is 11.8 Å². The topological polar surface area (TPSA) is 121 Å². The standard InChI is InChI=1S/C27H28FN7O2/c1-3-16-8-23(36)20(28)9-18(16)17-4-5-19-24(32-33-27(19,2)10-17)25-30-21-13-35(14-22(21)31-25)26(37)34-7-6-15(11-29)12-34/h4-5,8-9,15,33,36H,3,6-7,10,12-14H2,1-2H3,(H,30,31). The van der Waals surface area contributed by atoms with E-state index in [4.69, 9.17) is 10.2 Å². The number of nitrogens with zero attached hydrogens (tertiary/aromatic N) is 5. The predicted octanol–water partition coefficient (Wildman–Crippen LogP) is 3.58. The molecule has 2 unspecified atom stereocenters. The van der Waals surface area contributed by atoms with Gasteiger partial charge in [0.1, 0.15) is 5.71 Å². The molecule has 2 amide bonds. The lowest BCUT2D eigenvalue weighted by Gasteiger charge is -2.31. The number of nitriles is 1. The summed E-state index contributed by atoms with van der Waals surface area (Å²) in [7, 11) is 0. The molecule has 0 radical (unpaired) electrons. The minimum atomic E-state index is -0.628. The molecule has 1 aromatic carbocycles. The zero-order valence-electron chi connectivity index (χ0n) is 20.8. The molecule has 0 saturated carbocycles. The van der Waals surface area contributed by atoms with Gasteiger partial charge in [0.15, 0.2) is 17.4 Å². The zero-order chi connectivity index (χ0) is 25.9. The van der Waals surface area contributed by atoms with Crippen molar-refractivity contribution in [2.75, 3.05) is 13.1 Å². The van der Waals surface area contributed by atoms with Crippen LogP contribution in [0.5, 0.6) is 5.75 Å². The van der Waals surface area contributed by atoms with Crippen LogP contribution in [0.3, 0.4) is 0 Å². The van der Waals surface area contributed by atoms with Crippen LogP contribution in [0.4, 0.5) is 9.18 Å². The van der Waals surface area contributed by atoms with Gasteiger partial charge in [-0.25, -0.2) is 14.2 Å². The molecule has 1 aromatic heterocycles. The average Bonchev–Trinajstić information content (AvgIpc) is 3.66. The van der Waals surface area contributed by atoms with Gasteiger partial charge < -0.3 is 19.9 Å². The molecule has 1 aliphatic carbocycles. The van der Waals surface area contributed by atoms with Gasteiger partial charge in [0.05, 0.1) is 42.0 Å². The third-order valence-electron chi connectivity index (χ3n) is 7.85. The minimum absolute atomic E-state index is 0.0529. The van der Waals surface area contributed by atoms with Crippen LogP contribution in [0.1, 0.15) is 55.0 Å². The van der Waals surface area contributed by atoms with Crippen molar-refractivity contribution < 1.29 is 14.3 Å². The molecule has 1 fully saturated rings. The van der Waals surface area contributed by atoms with Crippen molar-refractivity contribution in [1.82, 2.24) is 25.2 Å². The maximum Gasteiger partial charge on any atom is 0.320 e. The van der Waals surface area contributed by atoms with Crippen molar-refractivity contribution in [2.45, 2.75) is 51.7 Å². The van der Waals surface area contributed by atoms with E-state index in [-0.39, 0.29) is 17.7 Å². The molecule has 3 aliphatic heterocycles. The molecule has 10 heteroatoms. The first-order valence-electron chi connectivity index (χ1n) is 12.6. The summed E-state index contributed by atoms with van der Waals surface area (Å²) in [5.41, 5.74) is 8.90. The van der Waals surface area contributed by atoms with Gasteiger partial charge in [0, 0.05) is 25.1 Å². The Balaban J connectivity index is 1.22. The number of halogens is 1. The van der Waals surface area contributed by atoms with Crippen molar-refractivity contribution in [3.63, 3.8) is 0 Å². The Labute approximate surface area is 214 Å². The van der Waals surface area contributed by atoms with E-state index in [0.717, 1.165) is 45.8 Å². The number of H-pyrrole nitrogens is 1. The summed E-state index contributed by atoms with van der Waals surface area (Å²) in [5.74, 6) is -0.387. The van der Waals surface area contributed by atoms with Crippen molar-refractivity contribution in [2.24, 2.45) is 11.0 Å². The summed E-state index contributed by atoms with van der Waals surface area (Å²) in [4.78, 5) is 24.6. The minimum Gasteiger partial charge on any atom is -0.505 e. The van der Waals surface area contributed by atoms with Crippen LogP contribution in [-0.2, 0) is 19.5 Å². The van der Waals surface area contributed by atoms with Crippen molar-refractivity contribution >= 4 is 17.3 Å². The van der Waals surface area contributed by atoms with Crippen LogP contribution in [0, 0.1) is 23.1 Å². The van der Waals surface area contributed by atoms with Crippen LogP contribution in [0.2, 0.25) is 0 Å². The highest BCUT2D eigenvalue weighted by molar-refractivity contribution is 6.14. The maximum atomic E-state index is 14.2. The number of hydrogen-bond donors (Lipinski definition) is 3. The summed E-state index contributed by atoms with van der Waals surface area (Å²) >= 11 is 0. The second-order valence-electron chi connectivity index (χ2n) is 10.4. The number of phenolic OH excluding ortho intramolecular Hbond substituents is 1. The number of aromatic nitrogens is 2. The second-order valence-corrected chi connectivity index (χ2v) is 10.4. The van der Waals surface area contributed by atoms with E-state index < -0.39 is 11.4 Å². The van der Waals surface area contributed by atoms with Gasteiger partial charge in [-0.1, -0.05) is 19.1 Å². The number of fused-ring (bicyclic) bond motifs is 2. The summed E-state index contributed by atoms with van der Waals surface area (Å²) in [6, 6.07) is 5.11. The van der Waals surface area contributed by atoms with Gasteiger partial charge in [-0.3, -0.25) is 5.43 Å². The smallest absolute Gasteiger partial charge is 0.320 e. The van der Waals surface area contributed by atoms with Crippen LogP contribution in [0.15, 0.2) is 35.0 Å². The number of aryl methyl sites for hydroxylation is 1. The van der Waals surface area contributed by atoms with Crippen LogP contribution < -0.4 is 5.43 Å². The molecular weight excluding hydrogens is 473 g/mol. The van der Waals surface area contributed by atoms with E-state index in [0.29, 0.717) is 44.8 Å². The molecule has 4 heterocycles. The molecular formula is C27H28FN7O2. The number of allylic oxidation sites excluding steroid dienone is 2. The summed E-state index contributed by atoms with van der Waals surface area (Å²) < 4.78 is 14.2. The average molecular weight is 502 g/mol. The Bertz CT molecular complexity index is 1430. The third-order valence-corrected chi connectivity index (χ3v) is 7.85. The highest BCUT2D eigenvalue weighted by Crippen LogP contribution is 2.41. The van der Waals surface area contributed by atoms with Crippen LogP contribution in [0.25, 0.3) is 5.57 Å². The number of likely N-dealkylation sites (tertiary alicyclic amines) is 1. The first-order valence-corrected chi connectivity index (χ1v) is 12.6. The molecule has 9 nitrogen and oxygen atoms in total. The number of carbonyl (C=O) groups is 1. The first-order chi connectivity index (χ1) is 17.8. The van der Waals surface area contributed by atoms with E-state index >= 15 is 0 Å². The maximum absolute atomic E-state index is 14.2. The lowest BCUT2D eigenvalue weighted by atomic mass is 9.77. The Morgan fingerprint density at radius 3 is 2.89 bits per heavy atom. The predicted molar refractivity (Wildman–Crippen MR) is 135 cm³/mol. The van der Waals surface area contributed by atoms with Crippen LogP contribution in [-0.4, -0.2) is 55.2 Å². The molecule has 0 spiro atoms. The quantitative estimate of drug-likeness (QED) is 0.594. The van der Waals surface area contributed by atoms with Gasteiger partial charge >= 0.3 is 6.03 Å². The number of carbonyl (C=O) groups excluding carboxylic acids is 1. The van der Waals surface area contributed by atoms with Gasteiger partial charge in [0.25, 0.3) is 0 Å². The van der Waals surface area contributed by atoms with E-state index in [9.17, 15) is 14.3 Å². The fourth-order valence-electron chi connectivity index (χ4n) is 5.77. The highest BCUT2D eigenvalue weighted by atomic mass is 19.1. The SMILES string of the molecule is CCc1cc(O)c(F)cc1C1=CC=C2C(c3nc4c([nH]3)CN(C(=O)N3CCC(C#N)C3)C4)=NNC2(C)C1. The molecule has 190 valence electrons. The number of urea groups is 1. The largest absolute Gasteiger partial charge is 0.505 e. The van der Waals surface area contributed by atoms with Crippen LogP contribution >= 0.6 is 0 Å². The van der Waals surface area contributed by atoms with Gasteiger partial charge in [-0.15, -0.1) is 0 Å². The third kappa shape index (κ3) is 3.77. The molecule has 0 bridgehead atoms. The van der Waals surface area contributed by atoms with Gasteiger partial charge in [0.2, 0.25) is 0 Å². The molecule has 2 atom stereocenters. The van der Waals surface area contributed by atoms with E-state index in [2.05, 4.69) is 28.5 Å². The number of benzene rings is 1. The Morgan fingerprint density at radius 1 is 1.32 bits per heavy atom. The first kappa shape index (κ1) is 23.3. The van der Waals surface area contributed by atoms with E-state index in [1.54, 1.807) is 9.80 Å². The van der Waals surface area contributed by atoms with Crippen molar-refractivity contribution in [3.05, 3.63) is 64.0 Å². The molecule has 3 N–H and O–H groups in total. The summed E-state index contributed by atoms with van der Waals surface area (Å²) in [6.45, 7) is 6.01. The number of hydrazone groups is 1. The number of aromatic amines is 1. The molecule has 1 saturated heterocycles. The zero-order valence-corrected chi connectivity index (χ0v) is 20.8. The molecule has 37 heavy (non-hydrogen) atoms. The van der Waals surface area contributed by atoms with Gasteiger partial charge in [-0.2, -0.15) is 10.4 Å². The summed E-state index contributed by atoms with van der Waals surface area (Å²) in [5, 5.41) is 23.5. The van der Waals surface area contributed by atoms with E-state index in [1.807, 2.05) is 19.1 Å². The Hall–Kier alpha value is -4.13. The fourth-order valence-corrected chi connectivity index (χ4v) is 5.77. The molecule has 4 aliphatic rings.